The van der Waals surface area contributed by atoms with E-state index in [1.165, 1.54) is 24.1 Å². The van der Waals surface area contributed by atoms with Gasteiger partial charge in [-0.15, -0.1) is 0 Å². The molecule has 0 aliphatic heterocycles. The van der Waals surface area contributed by atoms with Gasteiger partial charge in [0.1, 0.15) is 29.2 Å². The third kappa shape index (κ3) is 7.86. The maximum atomic E-state index is 13.9. The predicted molar refractivity (Wildman–Crippen MR) is 139 cm³/mol. The quantitative estimate of drug-likeness (QED) is 0.370. The van der Waals surface area contributed by atoms with Crippen LogP contribution < -0.4 is 21.1 Å². The molecule has 1 aliphatic rings. The van der Waals surface area contributed by atoms with Crippen molar-refractivity contribution in [1.29, 1.82) is 0 Å². The molecule has 204 valence electrons. The van der Waals surface area contributed by atoms with Gasteiger partial charge in [-0.2, -0.15) is 0 Å². The maximum Gasteiger partial charge on any atom is 0.408 e. The standard InChI is InChI=1S/C27H34N4O7/c1-27(2,3)38-26(36)30-21(15-22(28)33)25(35)31(18-9-10-18)23(16-5-11-19(32)12-6-16)24(34)29-17-7-13-20(37-4)14-8-17/h5-8,11-14,18,21,23,32H,9-10,15H2,1-4H3,(H2,28,33)(H,29,34)(H,30,36). The van der Waals surface area contributed by atoms with E-state index in [4.69, 9.17) is 15.2 Å². The van der Waals surface area contributed by atoms with E-state index in [9.17, 15) is 24.3 Å². The van der Waals surface area contributed by atoms with Crippen LogP contribution >= 0.6 is 0 Å². The summed E-state index contributed by atoms with van der Waals surface area (Å²) in [4.78, 5) is 53.3. The van der Waals surface area contributed by atoms with Crippen LogP contribution in [0.4, 0.5) is 10.5 Å². The molecule has 11 heteroatoms. The smallest absolute Gasteiger partial charge is 0.408 e. The Labute approximate surface area is 221 Å². The molecule has 4 amide bonds. The molecule has 3 rings (SSSR count). The number of nitrogens with two attached hydrogens (primary N) is 1. The van der Waals surface area contributed by atoms with E-state index in [2.05, 4.69) is 10.6 Å². The summed E-state index contributed by atoms with van der Waals surface area (Å²) in [7, 11) is 1.53. The van der Waals surface area contributed by atoms with Gasteiger partial charge in [0.05, 0.1) is 13.5 Å². The van der Waals surface area contributed by atoms with E-state index in [0.717, 1.165) is 0 Å². The van der Waals surface area contributed by atoms with E-state index >= 15 is 0 Å². The molecule has 5 N–H and O–H groups in total. The summed E-state index contributed by atoms with van der Waals surface area (Å²) < 4.78 is 10.4. The van der Waals surface area contributed by atoms with Crippen molar-refractivity contribution in [3.8, 4) is 11.5 Å². The Hall–Kier alpha value is -4.28. The monoisotopic (exact) mass is 526 g/mol. The zero-order chi connectivity index (χ0) is 28.0. The lowest BCUT2D eigenvalue weighted by Crippen LogP contribution is -2.54. The molecule has 38 heavy (non-hydrogen) atoms. The van der Waals surface area contributed by atoms with Gasteiger partial charge >= 0.3 is 6.09 Å². The average molecular weight is 527 g/mol. The summed E-state index contributed by atoms with van der Waals surface area (Å²) in [5.74, 6) is -1.38. The van der Waals surface area contributed by atoms with Gasteiger partial charge in [-0.05, 0) is 75.6 Å². The molecule has 0 radical (unpaired) electrons. The average Bonchev–Trinajstić information content (AvgIpc) is 3.66. The molecule has 0 saturated heterocycles. The molecule has 0 spiro atoms. The Bertz CT molecular complexity index is 1160. The first-order chi connectivity index (χ1) is 17.9. The van der Waals surface area contributed by atoms with Crippen molar-refractivity contribution in [2.75, 3.05) is 12.4 Å². The number of alkyl carbamates (subject to hydrolysis) is 1. The summed E-state index contributed by atoms with van der Waals surface area (Å²) in [5, 5.41) is 15.1. The maximum absolute atomic E-state index is 13.9. The number of benzene rings is 2. The van der Waals surface area contributed by atoms with E-state index < -0.39 is 47.9 Å². The number of ether oxygens (including phenoxy) is 2. The Balaban J connectivity index is 1.96. The Morgan fingerprint density at radius 3 is 2.16 bits per heavy atom. The highest BCUT2D eigenvalue weighted by Gasteiger charge is 2.44. The predicted octanol–water partition coefficient (Wildman–Crippen LogP) is 2.84. The highest BCUT2D eigenvalue weighted by atomic mass is 16.6. The number of nitrogens with zero attached hydrogens (tertiary/aromatic N) is 1. The van der Waals surface area contributed by atoms with Crippen molar-refractivity contribution in [3.05, 3.63) is 54.1 Å². The number of carbonyl (C=O) groups is 4. The second kappa shape index (κ2) is 11.8. The van der Waals surface area contributed by atoms with Crippen molar-refractivity contribution >= 4 is 29.5 Å². The summed E-state index contributed by atoms with van der Waals surface area (Å²) in [6.45, 7) is 5.00. The number of hydrogen-bond acceptors (Lipinski definition) is 7. The molecule has 11 nitrogen and oxygen atoms in total. The molecule has 0 bridgehead atoms. The number of anilines is 1. The van der Waals surface area contributed by atoms with Crippen LogP contribution in [0.5, 0.6) is 11.5 Å². The van der Waals surface area contributed by atoms with Gasteiger partial charge in [-0.25, -0.2) is 4.79 Å². The molecular formula is C27H34N4O7. The van der Waals surface area contributed by atoms with Gasteiger partial charge in [0.2, 0.25) is 11.8 Å². The van der Waals surface area contributed by atoms with Gasteiger partial charge in [-0.3, -0.25) is 14.4 Å². The SMILES string of the molecule is COc1ccc(NC(=O)C(c2ccc(O)cc2)N(C(=O)C(CC(N)=O)NC(=O)OC(C)(C)C)C2CC2)cc1. The number of phenolic OH excluding ortho intramolecular Hbond substituents is 1. The van der Waals surface area contributed by atoms with E-state index in [0.29, 0.717) is 29.8 Å². The van der Waals surface area contributed by atoms with Crippen molar-refractivity contribution < 1.29 is 33.8 Å². The molecule has 0 heterocycles. The van der Waals surface area contributed by atoms with Crippen LogP contribution in [0.3, 0.4) is 0 Å². The number of rotatable bonds is 10. The number of hydrogen-bond donors (Lipinski definition) is 4. The summed E-state index contributed by atoms with van der Waals surface area (Å²) >= 11 is 0. The Morgan fingerprint density at radius 1 is 1.05 bits per heavy atom. The minimum absolute atomic E-state index is 0.00874. The van der Waals surface area contributed by atoms with E-state index in [1.807, 2.05) is 0 Å². The normalized spacial score (nSPS) is 14.5. The number of amides is 4. The zero-order valence-electron chi connectivity index (χ0n) is 21.9. The van der Waals surface area contributed by atoms with Crippen LogP contribution in [-0.2, 0) is 19.1 Å². The summed E-state index contributed by atoms with van der Waals surface area (Å²) in [6, 6.07) is 9.81. The highest BCUT2D eigenvalue weighted by Crippen LogP contribution is 2.36. The van der Waals surface area contributed by atoms with Gasteiger partial charge in [0.15, 0.2) is 0 Å². The van der Waals surface area contributed by atoms with Gasteiger partial charge in [0, 0.05) is 11.7 Å². The van der Waals surface area contributed by atoms with Crippen LogP contribution in [0.15, 0.2) is 48.5 Å². The van der Waals surface area contributed by atoms with Crippen molar-refractivity contribution in [2.45, 2.75) is 63.8 Å². The number of phenols is 1. The molecular weight excluding hydrogens is 492 g/mol. The van der Waals surface area contributed by atoms with E-state index in [-0.39, 0.29) is 11.8 Å². The van der Waals surface area contributed by atoms with Gasteiger partial charge in [-0.1, -0.05) is 12.1 Å². The summed E-state index contributed by atoms with van der Waals surface area (Å²) in [5.41, 5.74) is 5.47. The molecule has 1 aliphatic carbocycles. The lowest BCUT2D eigenvalue weighted by Gasteiger charge is -2.34. The zero-order valence-corrected chi connectivity index (χ0v) is 21.9. The number of nitrogens with one attached hydrogen (secondary N) is 2. The lowest BCUT2D eigenvalue weighted by molar-refractivity contribution is -0.142. The van der Waals surface area contributed by atoms with Crippen LogP contribution in [-0.4, -0.2) is 58.6 Å². The Morgan fingerprint density at radius 2 is 1.66 bits per heavy atom. The fourth-order valence-corrected chi connectivity index (χ4v) is 3.88. The molecule has 0 aromatic heterocycles. The van der Waals surface area contributed by atoms with Gasteiger partial charge < -0.3 is 35.8 Å². The van der Waals surface area contributed by atoms with Crippen molar-refractivity contribution in [3.63, 3.8) is 0 Å². The molecule has 2 aromatic rings. The third-order valence-electron chi connectivity index (χ3n) is 5.68. The molecule has 2 aromatic carbocycles. The number of aromatic hydroxyl groups is 1. The second-order valence-corrected chi connectivity index (χ2v) is 10.1. The Kier molecular flexibility index (Phi) is 8.82. The minimum Gasteiger partial charge on any atom is -0.508 e. The van der Waals surface area contributed by atoms with Crippen LogP contribution in [0.2, 0.25) is 0 Å². The largest absolute Gasteiger partial charge is 0.508 e. The minimum atomic E-state index is -1.35. The van der Waals surface area contributed by atoms with Crippen molar-refractivity contribution in [2.24, 2.45) is 5.73 Å². The lowest BCUT2D eigenvalue weighted by atomic mass is 10.0. The number of carbonyl (C=O) groups excluding carboxylic acids is 4. The first kappa shape index (κ1) is 28.3. The molecule has 2 atom stereocenters. The molecule has 1 fully saturated rings. The topological polar surface area (TPSA) is 160 Å². The van der Waals surface area contributed by atoms with Crippen LogP contribution in [0.1, 0.15) is 51.6 Å². The fraction of sp³-hybridized carbons (Fsp3) is 0.407. The van der Waals surface area contributed by atoms with Crippen LogP contribution in [0.25, 0.3) is 0 Å². The fourth-order valence-electron chi connectivity index (χ4n) is 3.88. The van der Waals surface area contributed by atoms with E-state index in [1.54, 1.807) is 57.2 Å². The summed E-state index contributed by atoms with van der Waals surface area (Å²) in [6.07, 6.45) is -0.113. The first-order valence-electron chi connectivity index (χ1n) is 12.2. The second-order valence-electron chi connectivity index (χ2n) is 10.1. The number of primary amides is 1. The first-order valence-corrected chi connectivity index (χ1v) is 12.2. The number of methoxy groups -OCH3 is 1. The van der Waals surface area contributed by atoms with Crippen molar-refractivity contribution in [1.82, 2.24) is 10.2 Å². The molecule has 2 unspecified atom stereocenters. The highest BCUT2D eigenvalue weighted by molar-refractivity contribution is 6.00. The molecule has 1 saturated carbocycles. The third-order valence-corrected chi connectivity index (χ3v) is 5.68. The van der Waals surface area contributed by atoms with Crippen LogP contribution in [0, 0.1) is 0 Å². The van der Waals surface area contributed by atoms with Gasteiger partial charge in [0.25, 0.3) is 5.91 Å².